The fourth-order valence-electron chi connectivity index (χ4n) is 0.808. The van der Waals surface area contributed by atoms with Gasteiger partial charge in [-0.15, -0.1) is 0 Å². The molecule has 0 aromatic carbocycles. The van der Waals surface area contributed by atoms with E-state index in [0.29, 0.717) is 12.0 Å². The topological polar surface area (TPSA) is 93.1 Å². The Morgan fingerprint density at radius 2 is 1.90 bits per heavy atom. The molecule has 20 heavy (non-hydrogen) atoms. The Hall–Kier alpha value is -1.66. The Labute approximate surface area is 119 Å². The molecule has 0 heterocycles. The van der Waals surface area contributed by atoms with Crippen LogP contribution in [0.25, 0.3) is 0 Å². The lowest BCUT2D eigenvalue weighted by Crippen LogP contribution is -2.15. The molecule has 0 aromatic rings. The van der Waals surface area contributed by atoms with E-state index >= 15 is 0 Å². The fourth-order valence-corrected chi connectivity index (χ4v) is 0.808. The van der Waals surface area contributed by atoms with Gasteiger partial charge in [-0.2, -0.15) is 0 Å². The number of aliphatic hydroxyl groups is 2. The van der Waals surface area contributed by atoms with Crippen LogP contribution in [0.15, 0.2) is 24.8 Å². The van der Waals surface area contributed by atoms with E-state index < -0.39 is 24.3 Å². The fraction of sp³-hybridized carbons (Fsp3) is 0.571. The van der Waals surface area contributed by atoms with Crippen molar-refractivity contribution in [2.75, 3.05) is 6.61 Å². The smallest absolute Gasteiger partial charge is 0.333 e. The molecule has 0 saturated carbocycles. The first-order chi connectivity index (χ1) is 9.24. The Morgan fingerprint density at radius 1 is 1.35 bits per heavy atom. The van der Waals surface area contributed by atoms with Crippen LogP contribution in [0.2, 0.25) is 0 Å². The minimum Gasteiger partial charge on any atom is -0.460 e. The third-order valence-electron chi connectivity index (χ3n) is 1.76. The van der Waals surface area contributed by atoms with Crippen LogP contribution < -0.4 is 0 Å². The predicted molar refractivity (Wildman–Crippen MR) is 74.7 cm³/mol. The molecule has 2 unspecified atom stereocenters. The maximum Gasteiger partial charge on any atom is 0.333 e. The Kier molecular flexibility index (Phi) is 12.8. The van der Waals surface area contributed by atoms with Crippen molar-refractivity contribution in [3.8, 4) is 0 Å². The maximum absolute atomic E-state index is 10.6. The zero-order chi connectivity index (χ0) is 16.1. The number of esters is 2. The van der Waals surface area contributed by atoms with Crippen molar-refractivity contribution in [3.63, 3.8) is 0 Å². The van der Waals surface area contributed by atoms with E-state index in [9.17, 15) is 9.59 Å². The van der Waals surface area contributed by atoms with Gasteiger partial charge < -0.3 is 19.7 Å². The Balaban J connectivity index is 0. The summed E-state index contributed by atoms with van der Waals surface area (Å²) in [4.78, 5) is 21.0. The molecule has 0 aliphatic carbocycles. The standard InChI is InChI=1S/2C7H12O3/c1-5(2)7(9)10-4-6(3)8;1-3-5-7(9)10-6(8)4-2/h6,8H,1,4H2,2-3H3;4,7,9H,2-3,5H2,1H3. The second-order valence-electron chi connectivity index (χ2n) is 4.11. The summed E-state index contributed by atoms with van der Waals surface area (Å²) in [7, 11) is 0. The molecule has 0 aliphatic rings. The van der Waals surface area contributed by atoms with Crippen LogP contribution in [-0.2, 0) is 19.1 Å². The molecule has 2 atom stereocenters. The molecule has 0 aliphatic heterocycles. The van der Waals surface area contributed by atoms with E-state index in [0.717, 1.165) is 12.5 Å². The SMILES string of the molecule is C=C(C)C(=O)OCC(C)O.C=CC(=O)OC(O)CCC. The molecule has 2 N–H and O–H groups in total. The normalized spacial score (nSPS) is 12.2. The Bertz CT molecular complexity index is 322. The van der Waals surface area contributed by atoms with E-state index in [-0.39, 0.29) is 6.61 Å². The van der Waals surface area contributed by atoms with Crippen LogP contribution in [-0.4, -0.2) is 41.2 Å². The second-order valence-corrected chi connectivity index (χ2v) is 4.11. The zero-order valence-electron chi connectivity index (χ0n) is 12.3. The molecular formula is C14H24O6. The number of aliphatic hydroxyl groups excluding tert-OH is 2. The van der Waals surface area contributed by atoms with Gasteiger partial charge in [0.15, 0.2) is 0 Å². The highest BCUT2D eigenvalue weighted by Gasteiger charge is 2.05. The van der Waals surface area contributed by atoms with E-state index in [2.05, 4.69) is 22.6 Å². The highest BCUT2D eigenvalue weighted by Crippen LogP contribution is 1.97. The highest BCUT2D eigenvalue weighted by atomic mass is 16.6. The minimum absolute atomic E-state index is 0.0334. The zero-order valence-corrected chi connectivity index (χ0v) is 12.3. The first-order valence-electron chi connectivity index (χ1n) is 6.26. The predicted octanol–water partition coefficient (Wildman–Crippen LogP) is 1.32. The van der Waals surface area contributed by atoms with Gasteiger partial charge in [-0.05, 0) is 13.8 Å². The average Bonchev–Trinajstić information content (AvgIpc) is 2.36. The van der Waals surface area contributed by atoms with E-state index in [1.807, 2.05) is 6.92 Å². The van der Waals surface area contributed by atoms with Crippen LogP contribution in [0.4, 0.5) is 0 Å². The number of carbonyl (C=O) groups excluding carboxylic acids is 2. The highest BCUT2D eigenvalue weighted by molar-refractivity contribution is 5.86. The third-order valence-corrected chi connectivity index (χ3v) is 1.76. The molecule has 116 valence electrons. The molecule has 0 saturated heterocycles. The molecule has 0 fully saturated rings. The van der Waals surface area contributed by atoms with Gasteiger partial charge in [0.05, 0.1) is 6.10 Å². The molecule has 0 spiro atoms. The van der Waals surface area contributed by atoms with Crippen LogP contribution in [0.5, 0.6) is 0 Å². The molecule has 6 nitrogen and oxygen atoms in total. The van der Waals surface area contributed by atoms with Crippen molar-refractivity contribution in [2.45, 2.75) is 46.0 Å². The number of hydrogen-bond acceptors (Lipinski definition) is 6. The molecule has 0 bridgehead atoms. The van der Waals surface area contributed by atoms with Crippen molar-refractivity contribution in [1.82, 2.24) is 0 Å². The molecule has 6 heteroatoms. The van der Waals surface area contributed by atoms with Gasteiger partial charge in [-0.3, -0.25) is 0 Å². The lowest BCUT2D eigenvalue weighted by atomic mass is 10.3. The van der Waals surface area contributed by atoms with Crippen LogP contribution in [0.3, 0.4) is 0 Å². The minimum atomic E-state index is -0.976. The van der Waals surface area contributed by atoms with Gasteiger partial charge in [-0.1, -0.05) is 26.5 Å². The lowest BCUT2D eigenvalue weighted by molar-refractivity contribution is -0.162. The average molecular weight is 288 g/mol. The summed E-state index contributed by atoms with van der Waals surface area (Å²) in [5.74, 6) is -1.04. The summed E-state index contributed by atoms with van der Waals surface area (Å²) in [5, 5.41) is 17.5. The number of carbonyl (C=O) groups is 2. The van der Waals surface area contributed by atoms with Crippen LogP contribution in [0.1, 0.15) is 33.6 Å². The van der Waals surface area contributed by atoms with Crippen molar-refractivity contribution in [2.24, 2.45) is 0 Å². The summed E-state index contributed by atoms with van der Waals surface area (Å²) >= 11 is 0. The van der Waals surface area contributed by atoms with Gasteiger partial charge in [0.1, 0.15) is 6.61 Å². The van der Waals surface area contributed by atoms with Crippen molar-refractivity contribution >= 4 is 11.9 Å². The summed E-state index contributed by atoms with van der Waals surface area (Å²) in [6, 6.07) is 0. The monoisotopic (exact) mass is 288 g/mol. The quantitative estimate of drug-likeness (QED) is 0.417. The van der Waals surface area contributed by atoms with Crippen molar-refractivity contribution in [1.29, 1.82) is 0 Å². The lowest BCUT2D eigenvalue weighted by Gasteiger charge is -2.07. The summed E-state index contributed by atoms with van der Waals surface area (Å²) in [6.45, 7) is 11.6. The first-order valence-corrected chi connectivity index (χ1v) is 6.26. The third kappa shape index (κ3) is 14.4. The van der Waals surface area contributed by atoms with E-state index in [4.69, 9.17) is 10.2 Å². The number of rotatable bonds is 7. The molecule has 0 rings (SSSR count). The van der Waals surface area contributed by atoms with Gasteiger partial charge in [0.2, 0.25) is 6.29 Å². The number of hydrogen-bond donors (Lipinski definition) is 2. The van der Waals surface area contributed by atoms with Gasteiger partial charge in [-0.25, -0.2) is 9.59 Å². The first kappa shape index (κ1) is 20.7. The molecule has 0 aromatic heterocycles. The van der Waals surface area contributed by atoms with E-state index in [1.54, 1.807) is 13.8 Å². The van der Waals surface area contributed by atoms with Crippen molar-refractivity contribution in [3.05, 3.63) is 24.8 Å². The van der Waals surface area contributed by atoms with Gasteiger partial charge in [0, 0.05) is 18.1 Å². The largest absolute Gasteiger partial charge is 0.460 e. The van der Waals surface area contributed by atoms with Crippen molar-refractivity contribution < 1.29 is 29.3 Å². The van der Waals surface area contributed by atoms with Crippen LogP contribution >= 0.6 is 0 Å². The summed E-state index contributed by atoms with van der Waals surface area (Å²) in [5.41, 5.74) is 0.348. The molecular weight excluding hydrogens is 264 g/mol. The number of ether oxygens (including phenoxy) is 2. The van der Waals surface area contributed by atoms with Gasteiger partial charge in [0.25, 0.3) is 0 Å². The summed E-state index contributed by atoms with van der Waals surface area (Å²) < 4.78 is 9.01. The second kappa shape index (κ2) is 12.4. The molecule has 0 radical (unpaired) electrons. The summed E-state index contributed by atoms with van der Waals surface area (Å²) in [6.07, 6.45) is 0.697. The maximum atomic E-state index is 10.6. The van der Waals surface area contributed by atoms with Gasteiger partial charge >= 0.3 is 11.9 Å². The molecule has 0 amide bonds. The van der Waals surface area contributed by atoms with Crippen LogP contribution in [0, 0.1) is 0 Å². The Morgan fingerprint density at radius 3 is 2.25 bits per heavy atom. The van der Waals surface area contributed by atoms with E-state index in [1.165, 1.54) is 0 Å².